The van der Waals surface area contributed by atoms with Gasteiger partial charge in [-0.2, -0.15) is 0 Å². The first kappa shape index (κ1) is 12.9. The number of rotatable bonds is 5. The maximum Gasteiger partial charge on any atom is 0.326 e. The van der Waals surface area contributed by atoms with Crippen molar-refractivity contribution in [2.75, 3.05) is 13.1 Å². The van der Waals surface area contributed by atoms with Crippen LogP contribution in [-0.4, -0.2) is 47.1 Å². The van der Waals surface area contributed by atoms with Gasteiger partial charge in [0, 0.05) is 6.54 Å². The summed E-state index contributed by atoms with van der Waals surface area (Å²) in [4.78, 5) is 24.1. The van der Waals surface area contributed by atoms with E-state index in [2.05, 4.69) is 0 Å². The predicted octanol–water partition coefficient (Wildman–Crippen LogP) is -0.872. The number of carbonyl (C=O) groups excluding carboxylic acids is 1. The third-order valence-corrected chi connectivity index (χ3v) is 2.86. The van der Waals surface area contributed by atoms with Gasteiger partial charge in [0.05, 0.1) is 6.04 Å². The minimum atomic E-state index is -0.947. The van der Waals surface area contributed by atoms with Crippen LogP contribution in [0, 0.1) is 0 Å². The standard InChI is InChI=1S/C10H19N3O3/c11-5-1-3-7(12)9(14)13-6-2-4-8(13)10(15)16/h7-8H,1-6,11-12H2,(H,15,16). The van der Waals surface area contributed by atoms with Gasteiger partial charge in [0.15, 0.2) is 0 Å². The summed E-state index contributed by atoms with van der Waals surface area (Å²) in [6, 6.07) is -1.32. The molecule has 1 fully saturated rings. The largest absolute Gasteiger partial charge is 0.480 e. The van der Waals surface area contributed by atoms with E-state index in [-0.39, 0.29) is 5.91 Å². The second-order valence-corrected chi connectivity index (χ2v) is 4.07. The lowest BCUT2D eigenvalue weighted by molar-refractivity contribution is -0.148. The van der Waals surface area contributed by atoms with Gasteiger partial charge < -0.3 is 21.5 Å². The van der Waals surface area contributed by atoms with Crippen molar-refractivity contribution in [1.29, 1.82) is 0 Å². The first-order valence-electron chi connectivity index (χ1n) is 5.57. The van der Waals surface area contributed by atoms with Crippen LogP contribution in [-0.2, 0) is 9.59 Å². The number of amides is 1. The SMILES string of the molecule is NCCCC(N)C(=O)N1CCCC1C(=O)O. The molecular weight excluding hydrogens is 210 g/mol. The Bertz CT molecular complexity index is 270. The molecule has 0 bridgehead atoms. The molecule has 0 aliphatic carbocycles. The lowest BCUT2D eigenvalue weighted by Crippen LogP contribution is -2.48. The van der Waals surface area contributed by atoms with Gasteiger partial charge in [-0.3, -0.25) is 4.79 Å². The van der Waals surface area contributed by atoms with Crippen molar-refractivity contribution in [3.8, 4) is 0 Å². The Morgan fingerprint density at radius 1 is 1.50 bits per heavy atom. The van der Waals surface area contributed by atoms with E-state index in [9.17, 15) is 9.59 Å². The molecule has 16 heavy (non-hydrogen) atoms. The van der Waals surface area contributed by atoms with Gasteiger partial charge in [-0.15, -0.1) is 0 Å². The average molecular weight is 229 g/mol. The maximum atomic E-state index is 11.9. The van der Waals surface area contributed by atoms with Crippen LogP contribution in [0.3, 0.4) is 0 Å². The number of aliphatic carboxylic acids is 1. The summed E-state index contributed by atoms with van der Waals surface area (Å²) in [5, 5.41) is 8.94. The summed E-state index contributed by atoms with van der Waals surface area (Å²) in [6.45, 7) is 0.982. The van der Waals surface area contributed by atoms with Crippen molar-refractivity contribution < 1.29 is 14.7 Å². The Balaban J connectivity index is 2.55. The topological polar surface area (TPSA) is 110 Å². The van der Waals surface area contributed by atoms with E-state index < -0.39 is 18.1 Å². The number of carboxylic acid groups (broad SMARTS) is 1. The summed E-state index contributed by atoms with van der Waals surface area (Å²) < 4.78 is 0. The van der Waals surface area contributed by atoms with Crippen LogP contribution in [0.15, 0.2) is 0 Å². The Kier molecular flexibility index (Phi) is 4.70. The molecule has 1 rings (SSSR count). The van der Waals surface area contributed by atoms with Crippen molar-refractivity contribution in [3.05, 3.63) is 0 Å². The molecule has 1 saturated heterocycles. The quantitative estimate of drug-likeness (QED) is 0.567. The number of nitrogens with zero attached hydrogens (tertiary/aromatic N) is 1. The summed E-state index contributed by atoms with van der Waals surface area (Å²) in [6.07, 6.45) is 2.44. The van der Waals surface area contributed by atoms with E-state index in [1.165, 1.54) is 4.90 Å². The van der Waals surface area contributed by atoms with E-state index in [0.717, 1.165) is 6.42 Å². The fourth-order valence-corrected chi connectivity index (χ4v) is 1.96. The Labute approximate surface area is 94.6 Å². The van der Waals surface area contributed by atoms with E-state index in [1.807, 2.05) is 0 Å². The van der Waals surface area contributed by atoms with Crippen LogP contribution in [0.2, 0.25) is 0 Å². The van der Waals surface area contributed by atoms with Crippen LogP contribution in [0.25, 0.3) is 0 Å². The van der Waals surface area contributed by atoms with E-state index >= 15 is 0 Å². The van der Waals surface area contributed by atoms with Gasteiger partial charge in [0.2, 0.25) is 5.91 Å². The van der Waals surface area contributed by atoms with Gasteiger partial charge in [-0.1, -0.05) is 0 Å². The number of hydrogen-bond acceptors (Lipinski definition) is 4. The first-order chi connectivity index (χ1) is 7.57. The highest BCUT2D eigenvalue weighted by Crippen LogP contribution is 2.18. The van der Waals surface area contributed by atoms with Gasteiger partial charge in [-0.25, -0.2) is 4.79 Å². The molecule has 1 aliphatic rings. The molecule has 0 radical (unpaired) electrons. The number of nitrogens with two attached hydrogens (primary N) is 2. The van der Waals surface area contributed by atoms with Crippen molar-refractivity contribution in [1.82, 2.24) is 4.90 Å². The summed E-state index contributed by atoms with van der Waals surface area (Å²) in [5.41, 5.74) is 11.0. The Morgan fingerprint density at radius 2 is 2.19 bits per heavy atom. The third-order valence-electron chi connectivity index (χ3n) is 2.86. The molecule has 1 heterocycles. The zero-order valence-corrected chi connectivity index (χ0v) is 9.26. The van der Waals surface area contributed by atoms with Gasteiger partial charge in [0.1, 0.15) is 6.04 Å². The molecular formula is C10H19N3O3. The van der Waals surface area contributed by atoms with Crippen LogP contribution < -0.4 is 11.5 Å². The molecule has 1 amide bonds. The molecule has 2 atom stereocenters. The molecule has 0 aromatic heterocycles. The second-order valence-electron chi connectivity index (χ2n) is 4.07. The van der Waals surface area contributed by atoms with E-state index in [1.54, 1.807) is 0 Å². The Morgan fingerprint density at radius 3 is 2.75 bits per heavy atom. The predicted molar refractivity (Wildman–Crippen MR) is 58.6 cm³/mol. The maximum absolute atomic E-state index is 11.9. The van der Waals surface area contributed by atoms with Gasteiger partial charge >= 0.3 is 5.97 Å². The molecule has 6 nitrogen and oxygen atoms in total. The molecule has 92 valence electrons. The smallest absolute Gasteiger partial charge is 0.326 e. The van der Waals surface area contributed by atoms with E-state index in [0.29, 0.717) is 32.4 Å². The summed E-state index contributed by atoms with van der Waals surface area (Å²) in [7, 11) is 0. The number of carboxylic acids is 1. The molecule has 5 N–H and O–H groups in total. The molecule has 0 aromatic rings. The second kappa shape index (κ2) is 5.81. The van der Waals surface area contributed by atoms with Crippen LogP contribution >= 0.6 is 0 Å². The van der Waals surface area contributed by atoms with E-state index in [4.69, 9.17) is 16.6 Å². The van der Waals surface area contributed by atoms with Crippen LogP contribution in [0.5, 0.6) is 0 Å². The lowest BCUT2D eigenvalue weighted by Gasteiger charge is -2.24. The summed E-state index contributed by atoms with van der Waals surface area (Å²) in [5.74, 6) is -1.21. The normalized spacial score (nSPS) is 22.1. The van der Waals surface area contributed by atoms with Crippen molar-refractivity contribution in [3.63, 3.8) is 0 Å². The highest BCUT2D eigenvalue weighted by molar-refractivity contribution is 5.87. The highest BCUT2D eigenvalue weighted by atomic mass is 16.4. The van der Waals surface area contributed by atoms with Gasteiger partial charge in [-0.05, 0) is 32.2 Å². The monoisotopic (exact) mass is 229 g/mol. The minimum Gasteiger partial charge on any atom is -0.480 e. The third kappa shape index (κ3) is 2.93. The average Bonchev–Trinajstić information content (AvgIpc) is 2.73. The summed E-state index contributed by atoms with van der Waals surface area (Å²) >= 11 is 0. The minimum absolute atomic E-state index is 0.265. The number of carbonyl (C=O) groups is 2. The zero-order chi connectivity index (χ0) is 12.1. The fraction of sp³-hybridized carbons (Fsp3) is 0.800. The lowest BCUT2D eigenvalue weighted by atomic mass is 10.1. The molecule has 6 heteroatoms. The van der Waals surface area contributed by atoms with Crippen molar-refractivity contribution in [2.24, 2.45) is 11.5 Å². The van der Waals surface area contributed by atoms with Crippen LogP contribution in [0.1, 0.15) is 25.7 Å². The fourth-order valence-electron chi connectivity index (χ4n) is 1.96. The molecule has 0 saturated carbocycles. The highest BCUT2D eigenvalue weighted by Gasteiger charge is 2.35. The zero-order valence-electron chi connectivity index (χ0n) is 9.26. The van der Waals surface area contributed by atoms with Crippen LogP contribution in [0.4, 0.5) is 0 Å². The molecule has 0 aromatic carbocycles. The van der Waals surface area contributed by atoms with Crippen molar-refractivity contribution in [2.45, 2.75) is 37.8 Å². The molecule has 1 aliphatic heterocycles. The molecule has 2 unspecified atom stereocenters. The number of hydrogen-bond donors (Lipinski definition) is 3. The van der Waals surface area contributed by atoms with Crippen molar-refractivity contribution >= 4 is 11.9 Å². The van der Waals surface area contributed by atoms with Gasteiger partial charge in [0.25, 0.3) is 0 Å². The Hall–Kier alpha value is -1.14. The number of likely N-dealkylation sites (tertiary alicyclic amines) is 1. The molecule has 0 spiro atoms. The first-order valence-corrected chi connectivity index (χ1v) is 5.57.